The Morgan fingerprint density at radius 3 is 2.22 bits per heavy atom. The third kappa shape index (κ3) is 7.24. The van der Waals surface area contributed by atoms with Gasteiger partial charge in [-0.1, -0.05) is 74.5 Å². The fourth-order valence-corrected chi connectivity index (χ4v) is 5.14. The van der Waals surface area contributed by atoms with Crippen LogP contribution in [-0.2, 0) is 26.3 Å². The van der Waals surface area contributed by atoms with Gasteiger partial charge in [0.05, 0.1) is 13.2 Å². The van der Waals surface area contributed by atoms with Crippen LogP contribution >= 0.6 is 0 Å². The van der Waals surface area contributed by atoms with Crippen LogP contribution in [0, 0.1) is 11.3 Å². The van der Waals surface area contributed by atoms with E-state index in [1.54, 1.807) is 60.7 Å². The third-order valence-electron chi connectivity index (χ3n) is 6.97. The number of alkyl halides is 3. The van der Waals surface area contributed by atoms with Crippen LogP contribution in [0.15, 0.2) is 60.7 Å². The summed E-state index contributed by atoms with van der Waals surface area (Å²) >= 11 is 0. The van der Waals surface area contributed by atoms with Crippen LogP contribution in [0.5, 0.6) is 0 Å². The molecule has 0 radical (unpaired) electrons. The van der Waals surface area contributed by atoms with Crippen molar-refractivity contribution in [3.8, 4) is 0 Å². The van der Waals surface area contributed by atoms with Crippen molar-refractivity contribution in [3.63, 3.8) is 0 Å². The smallest absolute Gasteiger partial charge is 0.416 e. The molecule has 1 heterocycles. The molecular formula is C29H36F3N5O4. The summed E-state index contributed by atoms with van der Waals surface area (Å²) in [4.78, 5) is 40.4. The molecule has 0 saturated carbocycles. The van der Waals surface area contributed by atoms with E-state index < -0.39 is 48.1 Å². The maximum Gasteiger partial charge on any atom is 0.416 e. The van der Waals surface area contributed by atoms with Crippen molar-refractivity contribution in [2.24, 2.45) is 11.7 Å². The minimum Gasteiger partial charge on any atom is -0.452 e. The number of halogens is 3. The van der Waals surface area contributed by atoms with Crippen LogP contribution in [0.4, 0.5) is 18.0 Å². The molecule has 12 heteroatoms. The van der Waals surface area contributed by atoms with Crippen molar-refractivity contribution in [1.82, 2.24) is 15.1 Å². The Kier molecular flexibility index (Phi) is 10.1. The number of carbonyl (C=O) groups excluding carboxylic acids is 3. The molecule has 2 unspecified atom stereocenters. The van der Waals surface area contributed by atoms with E-state index in [4.69, 9.17) is 11.1 Å². The monoisotopic (exact) mass is 575 g/mol. The molecular weight excluding hydrogens is 539 g/mol. The highest BCUT2D eigenvalue weighted by Gasteiger charge is 2.52. The Bertz CT molecular complexity index is 1230. The van der Waals surface area contributed by atoms with E-state index in [0.29, 0.717) is 17.5 Å². The molecule has 0 aromatic heterocycles. The van der Waals surface area contributed by atoms with Gasteiger partial charge in [-0.05, 0) is 42.7 Å². The number of amides is 3. The van der Waals surface area contributed by atoms with E-state index in [1.807, 2.05) is 13.8 Å². The largest absolute Gasteiger partial charge is 0.452 e. The third-order valence-corrected chi connectivity index (χ3v) is 6.97. The molecule has 41 heavy (non-hydrogen) atoms. The van der Waals surface area contributed by atoms with E-state index in [0.717, 1.165) is 12.0 Å². The zero-order valence-corrected chi connectivity index (χ0v) is 23.3. The normalized spacial score (nSPS) is 18.7. The highest BCUT2D eigenvalue weighted by Crippen LogP contribution is 2.36. The number of nitrogens with zero attached hydrogens (tertiary/aromatic N) is 2. The molecule has 3 rings (SSSR count). The van der Waals surface area contributed by atoms with Gasteiger partial charge < -0.3 is 15.8 Å². The number of rotatable bonds is 11. The lowest BCUT2D eigenvalue weighted by molar-refractivity contribution is -0.187. The standard InChI is InChI=1S/C29H36F3N5O4/c1-19(2)18-28(21-13-8-5-9-14-21)25(39)36(26(34)35-28)16-10-15-23(29(30,31)32)37(27(40)41-3)24(38)22(33)17-20-11-6-4-7-12-20/h4-9,11-14,19,22-23H,10,15-18,33H2,1-3H3,(H2,34,35)/t22-,23?,28?/m0/s1. The first-order chi connectivity index (χ1) is 19.3. The number of methoxy groups -OCH3 is 1. The maximum atomic E-state index is 14.3. The number of imide groups is 1. The first-order valence-electron chi connectivity index (χ1n) is 13.3. The Balaban J connectivity index is 1.80. The van der Waals surface area contributed by atoms with E-state index in [-0.39, 0.29) is 36.2 Å². The lowest BCUT2D eigenvalue weighted by atomic mass is 9.82. The summed E-state index contributed by atoms with van der Waals surface area (Å²) in [5, 5.41) is 11.4. The summed E-state index contributed by atoms with van der Waals surface area (Å²) in [6.07, 6.45) is -7.18. The van der Waals surface area contributed by atoms with Crippen molar-refractivity contribution in [3.05, 3.63) is 71.8 Å². The van der Waals surface area contributed by atoms with Gasteiger partial charge in [-0.25, -0.2) is 9.69 Å². The molecule has 3 amide bonds. The van der Waals surface area contributed by atoms with Crippen molar-refractivity contribution in [2.45, 2.75) is 63.3 Å². The van der Waals surface area contributed by atoms with Crippen LogP contribution in [0.25, 0.3) is 0 Å². The molecule has 9 nitrogen and oxygen atoms in total. The summed E-state index contributed by atoms with van der Waals surface area (Å²) in [6.45, 7) is 3.63. The second kappa shape index (κ2) is 13.2. The van der Waals surface area contributed by atoms with Gasteiger partial charge in [0.25, 0.3) is 5.91 Å². The Morgan fingerprint density at radius 2 is 1.68 bits per heavy atom. The van der Waals surface area contributed by atoms with Crippen molar-refractivity contribution >= 4 is 23.9 Å². The average Bonchev–Trinajstić information content (AvgIpc) is 3.16. The molecule has 3 atom stereocenters. The number of benzene rings is 2. The van der Waals surface area contributed by atoms with Gasteiger partial charge in [-0.2, -0.15) is 13.2 Å². The zero-order chi connectivity index (χ0) is 30.4. The minimum atomic E-state index is -5.00. The second-order valence-electron chi connectivity index (χ2n) is 10.5. The van der Waals surface area contributed by atoms with Gasteiger partial charge >= 0.3 is 12.3 Å². The molecule has 0 spiro atoms. The molecule has 1 fully saturated rings. The van der Waals surface area contributed by atoms with E-state index in [9.17, 15) is 27.6 Å². The first kappa shape index (κ1) is 31.6. The summed E-state index contributed by atoms with van der Waals surface area (Å²) in [5.41, 5.74) is 5.99. The molecule has 1 saturated heterocycles. The van der Waals surface area contributed by atoms with Gasteiger partial charge in [-0.3, -0.25) is 19.9 Å². The first-order valence-corrected chi connectivity index (χ1v) is 13.3. The van der Waals surface area contributed by atoms with E-state index in [1.165, 1.54) is 0 Å². The molecule has 2 aromatic rings. The van der Waals surface area contributed by atoms with E-state index in [2.05, 4.69) is 10.1 Å². The Hall–Kier alpha value is -3.93. The van der Waals surface area contributed by atoms with Gasteiger partial charge in [-0.15, -0.1) is 0 Å². The fraction of sp³-hybridized carbons (Fsp3) is 0.448. The quantitative estimate of drug-likeness (QED) is 0.369. The van der Waals surface area contributed by atoms with Crippen molar-refractivity contribution in [1.29, 1.82) is 5.41 Å². The molecule has 1 aliphatic heterocycles. The van der Waals surface area contributed by atoms with Crippen LogP contribution in [0.2, 0.25) is 0 Å². The molecule has 0 aliphatic carbocycles. The number of ether oxygens (including phenoxy) is 1. The highest BCUT2D eigenvalue weighted by atomic mass is 19.4. The number of nitrogens with one attached hydrogen (secondary N) is 2. The van der Waals surface area contributed by atoms with Crippen LogP contribution in [0.1, 0.15) is 44.2 Å². The number of hydrogen-bond acceptors (Lipinski definition) is 6. The summed E-state index contributed by atoms with van der Waals surface area (Å²) in [7, 11) is 0.882. The van der Waals surface area contributed by atoms with Gasteiger partial charge in [0.15, 0.2) is 5.96 Å². The summed E-state index contributed by atoms with van der Waals surface area (Å²) in [6, 6.07) is 13.4. The lowest BCUT2D eigenvalue weighted by Gasteiger charge is -2.32. The van der Waals surface area contributed by atoms with Crippen LogP contribution in [-0.4, -0.2) is 65.6 Å². The highest BCUT2D eigenvalue weighted by molar-refractivity contribution is 6.08. The zero-order valence-electron chi connectivity index (χ0n) is 23.3. The number of carbonyl (C=O) groups is 3. The topological polar surface area (TPSA) is 129 Å². The van der Waals surface area contributed by atoms with E-state index >= 15 is 0 Å². The number of nitrogens with two attached hydrogens (primary N) is 1. The minimum absolute atomic E-state index is 0.0238. The van der Waals surface area contributed by atoms with Crippen LogP contribution < -0.4 is 11.1 Å². The number of guanidine groups is 1. The summed E-state index contributed by atoms with van der Waals surface area (Å²) in [5.74, 6) is -1.84. The molecule has 0 bridgehead atoms. The lowest BCUT2D eigenvalue weighted by Crippen LogP contribution is -2.57. The van der Waals surface area contributed by atoms with Gasteiger partial charge in [0.2, 0.25) is 5.91 Å². The molecule has 4 N–H and O–H groups in total. The van der Waals surface area contributed by atoms with Gasteiger partial charge in [0, 0.05) is 6.54 Å². The Morgan fingerprint density at radius 1 is 1.10 bits per heavy atom. The summed E-state index contributed by atoms with van der Waals surface area (Å²) < 4.78 is 47.4. The maximum absolute atomic E-state index is 14.3. The fourth-order valence-electron chi connectivity index (χ4n) is 5.14. The predicted octanol–water partition coefficient (Wildman–Crippen LogP) is 4.17. The van der Waals surface area contributed by atoms with Gasteiger partial charge in [0.1, 0.15) is 11.6 Å². The predicted molar refractivity (Wildman–Crippen MR) is 147 cm³/mol. The van der Waals surface area contributed by atoms with Crippen molar-refractivity contribution < 1.29 is 32.3 Å². The second-order valence-corrected chi connectivity index (χ2v) is 10.5. The molecule has 1 aliphatic rings. The Labute approximate surface area is 237 Å². The van der Waals surface area contributed by atoms with Crippen LogP contribution in [0.3, 0.4) is 0 Å². The average molecular weight is 576 g/mol. The molecule has 2 aromatic carbocycles. The molecule has 222 valence electrons. The number of hydrogen-bond donors (Lipinski definition) is 3. The SMILES string of the molecule is COC(=O)N(C(=O)[C@@H](N)Cc1ccccc1)C(CCCN1C(=N)NC(CC(C)C)(c2ccccc2)C1=O)C(F)(F)F. The van der Waals surface area contributed by atoms with Crippen molar-refractivity contribution in [2.75, 3.05) is 13.7 Å².